The van der Waals surface area contributed by atoms with Crippen LogP contribution >= 0.6 is 11.6 Å². The fraction of sp³-hybridized carbons (Fsp3) is 0.500. The van der Waals surface area contributed by atoms with Crippen molar-refractivity contribution in [2.75, 3.05) is 13.6 Å². The number of nitrogens with zero attached hydrogens (tertiary/aromatic N) is 1. The summed E-state index contributed by atoms with van der Waals surface area (Å²) in [5, 5.41) is 0.799. The molecule has 1 aromatic carbocycles. The molecule has 0 unspecified atom stereocenters. The van der Waals surface area contributed by atoms with E-state index in [1.54, 1.807) is 0 Å². The van der Waals surface area contributed by atoms with Gasteiger partial charge >= 0.3 is 0 Å². The van der Waals surface area contributed by atoms with E-state index in [1.165, 1.54) is 5.56 Å². The minimum atomic E-state index is 0.270. The summed E-state index contributed by atoms with van der Waals surface area (Å²) in [6.45, 7) is 3.98. The molecular formula is C12H19ClN2. The van der Waals surface area contributed by atoms with Crippen LogP contribution in [0, 0.1) is 0 Å². The summed E-state index contributed by atoms with van der Waals surface area (Å²) in [5.41, 5.74) is 6.96. The Balaban J connectivity index is 2.40. The second-order valence-corrected chi connectivity index (χ2v) is 4.57. The standard InChI is InChI=1S/C12H19ClN2/c1-10(14)6-7-15(2)9-11-4-3-5-12(13)8-11/h3-5,8,10H,6-7,9,14H2,1-2H3/t10-/m1/s1. The first-order valence-corrected chi connectivity index (χ1v) is 5.64. The molecule has 1 atom stereocenters. The van der Waals surface area contributed by atoms with Gasteiger partial charge in [0.2, 0.25) is 0 Å². The molecule has 0 aliphatic heterocycles. The van der Waals surface area contributed by atoms with Gasteiger partial charge in [-0.05, 0) is 44.6 Å². The highest BCUT2D eigenvalue weighted by Crippen LogP contribution is 2.12. The first kappa shape index (κ1) is 12.5. The smallest absolute Gasteiger partial charge is 0.0409 e. The molecule has 0 aliphatic rings. The predicted molar refractivity (Wildman–Crippen MR) is 66.1 cm³/mol. The van der Waals surface area contributed by atoms with Crippen LogP contribution < -0.4 is 5.73 Å². The van der Waals surface area contributed by atoms with E-state index in [-0.39, 0.29) is 6.04 Å². The summed E-state index contributed by atoms with van der Waals surface area (Å²) in [7, 11) is 2.10. The fourth-order valence-corrected chi connectivity index (χ4v) is 1.66. The average molecular weight is 227 g/mol. The summed E-state index contributed by atoms with van der Waals surface area (Å²) in [5.74, 6) is 0. The van der Waals surface area contributed by atoms with E-state index in [4.69, 9.17) is 17.3 Å². The molecule has 2 nitrogen and oxygen atoms in total. The number of hydrogen-bond donors (Lipinski definition) is 1. The Hall–Kier alpha value is -0.570. The lowest BCUT2D eigenvalue weighted by Gasteiger charge is -2.17. The predicted octanol–water partition coefficient (Wildman–Crippen LogP) is 2.51. The average Bonchev–Trinajstić information content (AvgIpc) is 2.15. The van der Waals surface area contributed by atoms with Gasteiger partial charge in [0.05, 0.1) is 0 Å². The van der Waals surface area contributed by atoms with Crippen LogP contribution in [-0.4, -0.2) is 24.5 Å². The van der Waals surface area contributed by atoms with Crippen LogP contribution in [0.3, 0.4) is 0 Å². The van der Waals surface area contributed by atoms with Crippen LogP contribution in [0.25, 0.3) is 0 Å². The van der Waals surface area contributed by atoms with E-state index in [0.29, 0.717) is 0 Å². The van der Waals surface area contributed by atoms with Gasteiger partial charge in [0.25, 0.3) is 0 Å². The van der Waals surface area contributed by atoms with Crippen molar-refractivity contribution in [3.8, 4) is 0 Å². The zero-order chi connectivity index (χ0) is 11.3. The first-order valence-electron chi connectivity index (χ1n) is 5.26. The number of benzene rings is 1. The second-order valence-electron chi connectivity index (χ2n) is 4.13. The Bertz CT molecular complexity index is 299. The van der Waals surface area contributed by atoms with Gasteiger partial charge < -0.3 is 10.6 Å². The zero-order valence-electron chi connectivity index (χ0n) is 9.41. The van der Waals surface area contributed by atoms with E-state index in [0.717, 1.165) is 24.5 Å². The van der Waals surface area contributed by atoms with Gasteiger partial charge in [0.15, 0.2) is 0 Å². The summed E-state index contributed by atoms with van der Waals surface area (Å²) in [6.07, 6.45) is 1.02. The van der Waals surface area contributed by atoms with E-state index < -0.39 is 0 Å². The van der Waals surface area contributed by atoms with E-state index in [2.05, 4.69) is 18.0 Å². The lowest BCUT2D eigenvalue weighted by molar-refractivity contribution is 0.313. The van der Waals surface area contributed by atoms with Crippen LogP contribution in [-0.2, 0) is 6.54 Å². The molecule has 0 aliphatic carbocycles. The molecule has 15 heavy (non-hydrogen) atoms. The van der Waals surface area contributed by atoms with E-state index >= 15 is 0 Å². The van der Waals surface area contributed by atoms with Crippen LogP contribution in [0.1, 0.15) is 18.9 Å². The van der Waals surface area contributed by atoms with Crippen LogP contribution in [0.4, 0.5) is 0 Å². The highest BCUT2D eigenvalue weighted by atomic mass is 35.5. The monoisotopic (exact) mass is 226 g/mol. The Labute approximate surface area is 97.0 Å². The SMILES string of the molecule is C[C@@H](N)CCN(C)Cc1cccc(Cl)c1. The number of halogens is 1. The molecule has 0 heterocycles. The Kier molecular flexibility index (Phi) is 5.09. The largest absolute Gasteiger partial charge is 0.328 e. The highest BCUT2D eigenvalue weighted by Gasteiger charge is 2.02. The first-order chi connectivity index (χ1) is 7.08. The van der Waals surface area contributed by atoms with Gasteiger partial charge in [-0.25, -0.2) is 0 Å². The Morgan fingerprint density at radius 1 is 1.47 bits per heavy atom. The van der Waals surface area contributed by atoms with Crippen molar-refractivity contribution in [3.63, 3.8) is 0 Å². The maximum absolute atomic E-state index is 5.92. The molecule has 2 N–H and O–H groups in total. The molecule has 3 heteroatoms. The normalized spacial score (nSPS) is 13.1. The topological polar surface area (TPSA) is 29.3 Å². The van der Waals surface area contributed by atoms with Gasteiger partial charge in [-0.3, -0.25) is 0 Å². The van der Waals surface area contributed by atoms with Crippen LogP contribution in [0.2, 0.25) is 5.02 Å². The molecule has 1 aromatic rings. The number of hydrogen-bond acceptors (Lipinski definition) is 2. The molecule has 0 bridgehead atoms. The maximum Gasteiger partial charge on any atom is 0.0409 e. The second kappa shape index (κ2) is 6.11. The summed E-state index contributed by atoms with van der Waals surface area (Å²) < 4.78 is 0. The molecule has 0 spiro atoms. The van der Waals surface area contributed by atoms with Gasteiger partial charge in [0, 0.05) is 17.6 Å². The third-order valence-corrected chi connectivity index (χ3v) is 2.54. The fourth-order valence-electron chi connectivity index (χ4n) is 1.45. The Morgan fingerprint density at radius 2 is 2.20 bits per heavy atom. The van der Waals surface area contributed by atoms with Crippen molar-refractivity contribution in [1.29, 1.82) is 0 Å². The molecule has 0 amide bonds. The van der Waals surface area contributed by atoms with Gasteiger partial charge in [-0.2, -0.15) is 0 Å². The van der Waals surface area contributed by atoms with E-state index in [1.807, 2.05) is 25.1 Å². The summed E-state index contributed by atoms with van der Waals surface area (Å²) >= 11 is 5.92. The lowest BCUT2D eigenvalue weighted by Crippen LogP contribution is -2.25. The molecule has 84 valence electrons. The molecule has 1 rings (SSSR count). The third-order valence-electron chi connectivity index (χ3n) is 2.31. The quantitative estimate of drug-likeness (QED) is 0.836. The van der Waals surface area contributed by atoms with Crippen LogP contribution in [0.5, 0.6) is 0 Å². The number of nitrogens with two attached hydrogens (primary N) is 1. The molecule has 0 radical (unpaired) electrons. The van der Waals surface area contributed by atoms with Crippen molar-refractivity contribution in [1.82, 2.24) is 4.90 Å². The van der Waals surface area contributed by atoms with Crippen molar-refractivity contribution in [2.45, 2.75) is 25.9 Å². The van der Waals surface area contributed by atoms with Gasteiger partial charge in [0.1, 0.15) is 0 Å². The maximum atomic E-state index is 5.92. The molecule has 0 aromatic heterocycles. The molecule has 0 saturated heterocycles. The third kappa shape index (κ3) is 5.17. The minimum absolute atomic E-state index is 0.270. The van der Waals surface area contributed by atoms with Crippen molar-refractivity contribution in [2.24, 2.45) is 5.73 Å². The molecule has 0 fully saturated rings. The van der Waals surface area contributed by atoms with Gasteiger partial charge in [-0.1, -0.05) is 23.7 Å². The van der Waals surface area contributed by atoms with E-state index in [9.17, 15) is 0 Å². The minimum Gasteiger partial charge on any atom is -0.328 e. The Morgan fingerprint density at radius 3 is 2.80 bits per heavy atom. The highest BCUT2D eigenvalue weighted by molar-refractivity contribution is 6.30. The van der Waals surface area contributed by atoms with Crippen LogP contribution in [0.15, 0.2) is 24.3 Å². The molecular weight excluding hydrogens is 208 g/mol. The van der Waals surface area contributed by atoms with Crippen molar-refractivity contribution < 1.29 is 0 Å². The lowest BCUT2D eigenvalue weighted by atomic mass is 10.2. The van der Waals surface area contributed by atoms with Gasteiger partial charge in [-0.15, -0.1) is 0 Å². The van der Waals surface area contributed by atoms with Crippen molar-refractivity contribution >= 4 is 11.6 Å². The molecule has 0 saturated carbocycles. The summed E-state index contributed by atoms with van der Waals surface area (Å²) in [4.78, 5) is 2.26. The zero-order valence-corrected chi connectivity index (χ0v) is 10.2. The summed E-state index contributed by atoms with van der Waals surface area (Å²) in [6, 6.07) is 8.24. The van der Waals surface area contributed by atoms with Crippen molar-refractivity contribution in [3.05, 3.63) is 34.9 Å². The number of rotatable bonds is 5.